The molecule has 5 nitrogen and oxygen atoms in total. The van der Waals surface area contributed by atoms with E-state index >= 15 is 0 Å². The lowest BCUT2D eigenvalue weighted by molar-refractivity contribution is -0.384. The predicted octanol–water partition coefficient (Wildman–Crippen LogP) is 2.85. The number of benzene rings is 2. The van der Waals surface area contributed by atoms with Gasteiger partial charge in [-0.3, -0.25) is 10.1 Å². The van der Waals surface area contributed by atoms with Crippen LogP contribution in [0.2, 0.25) is 0 Å². The molecule has 0 aliphatic heterocycles. The molecule has 2 rings (SSSR count). The number of halogens is 1. The first kappa shape index (κ1) is 12.5. The van der Waals surface area contributed by atoms with E-state index in [4.69, 9.17) is 11.0 Å². The van der Waals surface area contributed by atoms with Crippen LogP contribution in [0.4, 0.5) is 15.8 Å². The fraction of sp³-hybridized carbons (Fsp3) is 0. The molecule has 0 aliphatic carbocycles. The van der Waals surface area contributed by atoms with Crippen molar-refractivity contribution >= 4 is 11.4 Å². The van der Waals surface area contributed by atoms with Gasteiger partial charge in [-0.15, -0.1) is 0 Å². The molecule has 0 bridgehead atoms. The average Bonchev–Trinajstić information content (AvgIpc) is 2.39. The van der Waals surface area contributed by atoms with Crippen molar-refractivity contribution in [1.82, 2.24) is 0 Å². The molecule has 2 aromatic carbocycles. The number of rotatable bonds is 2. The molecule has 94 valence electrons. The molecule has 2 N–H and O–H groups in total. The predicted molar refractivity (Wildman–Crippen MR) is 67.6 cm³/mol. The molecular formula is C13H8FN3O2. The maximum absolute atomic E-state index is 13.8. The minimum atomic E-state index is -0.667. The van der Waals surface area contributed by atoms with Crippen LogP contribution in [-0.4, -0.2) is 4.92 Å². The maximum Gasteiger partial charge on any atom is 0.270 e. The summed E-state index contributed by atoms with van der Waals surface area (Å²) in [4.78, 5) is 10.1. The molecule has 0 amide bonds. The molecule has 0 unspecified atom stereocenters. The Hall–Kier alpha value is -2.94. The summed E-state index contributed by atoms with van der Waals surface area (Å²) < 4.78 is 13.8. The number of hydrogen-bond acceptors (Lipinski definition) is 4. The van der Waals surface area contributed by atoms with Crippen LogP contribution in [0.5, 0.6) is 0 Å². The first-order chi connectivity index (χ1) is 9.04. The zero-order valence-electron chi connectivity index (χ0n) is 9.63. The molecule has 0 saturated carbocycles. The van der Waals surface area contributed by atoms with Crippen molar-refractivity contribution < 1.29 is 9.31 Å². The van der Waals surface area contributed by atoms with Crippen LogP contribution in [0.15, 0.2) is 36.4 Å². The first-order valence-electron chi connectivity index (χ1n) is 5.27. The van der Waals surface area contributed by atoms with Gasteiger partial charge >= 0.3 is 0 Å². The third kappa shape index (κ3) is 2.21. The van der Waals surface area contributed by atoms with E-state index in [1.54, 1.807) is 6.07 Å². The SMILES string of the molecule is N#Cc1cccc(N)c1-c1cc([N+](=O)[O-])ccc1F. The smallest absolute Gasteiger partial charge is 0.270 e. The molecule has 0 atom stereocenters. The minimum Gasteiger partial charge on any atom is -0.398 e. The van der Waals surface area contributed by atoms with Crippen LogP contribution in [0.3, 0.4) is 0 Å². The summed E-state index contributed by atoms with van der Waals surface area (Å²) in [6.07, 6.45) is 0. The van der Waals surface area contributed by atoms with Crippen LogP contribution < -0.4 is 5.73 Å². The van der Waals surface area contributed by atoms with Gasteiger partial charge in [-0.05, 0) is 18.2 Å². The third-order valence-corrected chi connectivity index (χ3v) is 2.65. The molecular weight excluding hydrogens is 249 g/mol. The number of nitrogens with zero attached hydrogens (tertiary/aromatic N) is 2. The third-order valence-electron chi connectivity index (χ3n) is 2.65. The number of nitrogens with two attached hydrogens (primary N) is 1. The van der Waals surface area contributed by atoms with E-state index in [1.165, 1.54) is 12.1 Å². The van der Waals surface area contributed by atoms with E-state index in [1.807, 2.05) is 6.07 Å². The summed E-state index contributed by atoms with van der Waals surface area (Å²) in [6.45, 7) is 0. The van der Waals surface area contributed by atoms with Crippen molar-refractivity contribution in [3.8, 4) is 17.2 Å². The summed E-state index contributed by atoms with van der Waals surface area (Å²) >= 11 is 0. The minimum absolute atomic E-state index is 0.0520. The highest BCUT2D eigenvalue weighted by molar-refractivity contribution is 5.82. The lowest BCUT2D eigenvalue weighted by atomic mass is 9.97. The average molecular weight is 257 g/mol. The number of nitrogen functional groups attached to an aromatic ring is 1. The first-order valence-corrected chi connectivity index (χ1v) is 5.27. The number of hydrogen-bond donors (Lipinski definition) is 1. The van der Waals surface area contributed by atoms with E-state index in [0.29, 0.717) is 0 Å². The molecule has 0 aromatic heterocycles. The highest BCUT2D eigenvalue weighted by atomic mass is 19.1. The number of nitriles is 1. The van der Waals surface area contributed by atoms with Gasteiger partial charge in [0.25, 0.3) is 5.69 Å². The summed E-state index contributed by atoms with van der Waals surface area (Å²) in [5.74, 6) is -0.667. The number of nitro groups is 1. The second-order valence-corrected chi connectivity index (χ2v) is 3.80. The van der Waals surface area contributed by atoms with Gasteiger partial charge < -0.3 is 5.73 Å². The second kappa shape index (κ2) is 4.74. The molecule has 6 heteroatoms. The number of anilines is 1. The van der Waals surface area contributed by atoms with Crippen LogP contribution in [0.25, 0.3) is 11.1 Å². The Morgan fingerprint density at radius 3 is 2.68 bits per heavy atom. The van der Waals surface area contributed by atoms with E-state index < -0.39 is 10.7 Å². The van der Waals surface area contributed by atoms with Gasteiger partial charge in [0, 0.05) is 28.9 Å². The monoisotopic (exact) mass is 257 g/mol. The molecule has 19 heavy (non-hydrogen) atoms. The molecule has 2 aromatic rings. The zero-order valence-corrected chi connectivity index (χ0v) is 9.63. The lowest BCUT2D eigenvalue weighted by Crippen LogP contribution is -1.97. The van der Waals surface area contributed by atoms with Crippen molar-refractivity contribution in [1.29, 1.82) is 5.26 Å². The zero-order chi connectivity index (χ0) is 14.0. The van der Waals surface area contributed by atoms with Gasteiger partial charge in [-0.25, -0.2) is 4.39 Å². The summed E-state index contributed by atoms with van der Waals surface area (Å²) in [5.41, 5.74) is 5.96. The summed E-state index contributed by atoms with van der Waals surface area (Å²) in [5, 5.41) is 19.7. The summed E-state index contributed by atoms with van der Waals surface area (Å²) in [6, 6.07) is 9.56. The molecule has 0 radical (unpaired) electrons. The van der Waals surface area contributed by atoms with Gasteiger partial charge in [0.2, 0.25) is 0 Å². The Labute approximate surface area is 107 Å². The highest BCUT2D eigenvalue weighted by Crippen LogP contribution is 2.33. The fourth-order valence-corrected chi connectivity index (χ4v) is 1.78. The van der Waals surface area contributed by atoms with Gasteiger partial charge in [0.05, 0.1) is 16.6 Å². The maximum atomic E-state index is 13.8. The van der Waals surface area contributed by atoms with Crippen LogP contribution >= 0.6 is 0 Å². The Morgan fingerprint density at radius 1 is 1.32 bits per heavy atom. The fourth-order valence-electron chi connectivity index (χ4n) is 1.78. The van der Waals surface area contributed by atoms with Crippen molar-refractivity contribution in [2.45, 2.75) is 0 Å². The van der Waals surface area contributed by atoms with E-state index in [-0.39, 0.29) is 28.1 Å². The Balaban J connectivity index is 2.76. The van der Waals surface area contributed by atoms with Gasteiger partial charge in [-0.2, -0.15) is 5.26 Å². The van der Waals surface area contributed by atoms with Gasteiger partial charge in [-0.1, -0.05) is 6.07 Å². The number of nitro benzene ring substituents is 1. The molecule has 0 aliphatic rings. The Bertz CT molecular complexity index is 708. The molecule has 0 fully saturated rings. The van der Waals surface area contributed by atoms with E-state index in [9.17, 15) is 14.5 Å². The van der Waals surface area contributed by atoms with Crippen molar-refractivity contribution in [3.05, 3.63) is 57.9 Å². The Morgan fingerprint density at radius 2 is 2.05 bits per heavy atom. The van der Waals surface area contributed by atoms with Crippen molar-refractivity contribution in [2.24, 2.45) is 0 Å². The summed E-state index contributed by atoms with van der Waals surface area (Å²) in [7, 11) is 0. The molecule has 0 heterocycles. The largest absolute Gasteiger partial charge is 0.398 e. The normalized spacial score (nSPS) is 9.89. The van der Waals surface area contributed by atoms with Crippen molar-refractivity contribution in [2.75, 3.05) is 5.73 Å². The molecule has 0 spiro atoms. The van der Waals surface area contributed by atoms with E-state index in [0.717, 1.165) is 18.2 Å². The Kier molecular flexibility index (Phi) is 3.12. The highest BCUT2D eigenvalue weighted by Gasteiger charge is 2.17. The lowest BCUT2D eigenvalue weighted by Gasteiger charge is -2.08. The van der Waals surface area contributed by atoms with E-state index in [2.05, 4.69) is 0 Å². The van der Waals surface area contributed by atoms with Crippen LogP contribution in [0, 0.1) is 27.3 Å². The van der Waals surface area contributed by atoms with Gasteiger partial charge in [0.15, 0.2) is 0 Å². The second-order valence-electron chi connectivity index (χ2n) is 3.80. The standard InChI is InChI=1S/C13H8FN3O2/c14-11-5-4-9(17(18)19)6-10(11)13-8(7-15)2-1-3-12(13)16/h1-6H,16H2. The quantitative estimate of drug-likeness (QED) is 0.508. The van der Waals surface area contributed by atoms with Gasteiger partial charge in [0.1, 0.15) is 5.82 Å². The van der Waals surface area contributed by atoms with Crippen LogP contribution in [-0.2, 0) is 0 Å². The topological polar surface area (TPSA) is 93.0 Å². The molecule has 0 saturated heterocycles. The van der Waals surface area contributed by atoms with Crippen molar-refractivity contribution in [3.63, 3.8) is 0 Å². The number of non-ortho nitro benzene ring substituents is 1. The van der Waals surface area contributed by atoms with Crippen LogP contribution in [0.1, 0.15) is 5.56 Å².